The number of benzene rings is 1. The summed E-state index contributed by atoms with van der Waals surface area (Å²) in [4.78, 5) is 24.3. The van der Waals surface area contributed by atoms with Gasteiger partial charge in [-0.2, -0.15) is 5.10 Å². The number of aryl methyl sites for hydroxylation is 4. The molecule has 28 heavy (non-hydrogen) atoms. The lowest BCUT2D eigenvalue weighted by Gasteiger charge is -2.18. The summed E-state index contributed by atoms with van der Waals surface area (Å²) in [5.41, 5.74) is 5.30. The Morgan fingerprint density at radius 3 is 2.68 bits per heavy atom. The second-order valence-electron chi connectivity index (χ2n) is 6.97. The SMILES string of the molecule is Cc1cc(C)c2nc(N(Cc3ccccn3)C(=O)c3nn(C)cc3C)sc2c1. The summed E-state index contributed by atoms with van der Waals surface area (Å²) in [6.45, 7) is 6.35. The van der Waals surface area contributed by atoms with E-state index in [0.29, 0.717) is 17.4 Å². The second-order valence-corrected chi connectivity index (χ2v) is 7.98. The maximum Gasteiger partial charge on any atom is 0.281 e. The molecule has 1 amide bonds. The van der Waals surface area contributed by atoms with Crippen molar-refractivity contribution in [3.05, 3.63) is 70.8 Å². The number of anilines is 1. The standard InChI is InChI=1S/C21H21N5OS/c1-13-9-14(2)18-17(10-13)28-21(23-18)26(12-16-7-5-6-8-22-16)20(27)19-15(3)11-25(4)24-19/h5-11H,12H2,1-4H3. The van der Waals surface area contributed by atoms with Crippen LogP contribution in [0.5, 0.6) is 0 Å². The van der Waals surface area contributed by atoms with Crippen molar-refractivity contribution in [2.24, 2.45) is 7.05 Å². The average Bonchev–Trinajstić information content (AvgIpc) is 3.22. The quantitative estimate of drug-likeness (QED) is 0.523. The van der Waals surface area contributed by atoms with Crippen LogP contribution in [0.4, 0.5) is 5.13 Å². The zero-order chi connectivity index (χ0) is 19.8. The molecule has 0 aliphatic rings. The molecule has 142 valence electrons. The molecule has 4 aromatic rings. The van der Waals surface area contributed by atoms with Crippen molar-refractivity contribution in [1.82, 2.24) is 19.7 Å². The van der Waals surface area contributed by atoms with E-state index in [4.69, 9.17) is 4.98 Å². The number of carbonyl (C=O) groups is 1. The highest BCUT2D eigenvalue weighted by molar-refractivity contribution is 7.22. The van der Waals surface area contributed by atoms with Crippen LogP contribution in [0.1, 0.15) is 32.9 Å². The van der Waals surface area contributed by atoms with Crippen molar-refractivity contribution in [3.8, 4) is 0 Å². The molecule has 0 fully saturated rings. The minimum Gasteiger partial charge on any atom is -0.276 e. The Balaban J connectivity index is 1.82. The number of amides is 1. The third kappa shape index (κ3) is 3.41. The summed E-state index contributed by atoms with van der Waals surface area (Å²) in [6, 6.07) is 9.91. The zero-order valence-corrected chi connectivity index (χ0v) is 17.1. The fourth-order valence-corrected chi connectivity index (χ4v) is 4.44. The molecule has 6 nitrogen and oxygen atoms in total. The van der Waals surface area contributed by atoms with Crippen LogP contribution >= 0.6 is 11.3 Å². The molecule has 7 heteroatoms. The number of carbonyl (C=O) groups excluding carboxylic acids is 1. The van der Waals surface area contributed by atoms with Crippen molar-refractivity contribution in [3.63, 3.8) is 0 Å². The van der Waals surface area contributed by atoms with E-state index in [2.05, 4.69) is 29.1 Å². The van der Waals surface area contributed by atoms with Crippen LogP contribution < -0.4 is 4.90 Å². The van der Waals surface area contributed by atoms with Gasteiger partial charge in [0.2, 0.25) is 0 Å². The molecular weight excluding hydrogens is 370 g/mol. The second kappa shape index (κ2) is 7.16. The number of aromatic nitrogens is 4. The van der Waals surface area contributed by atoms with Crippen LogP contribution in [0.25, 0.3) is 10.2 Å². The van der Waals surface area contributed by atoms with Gasteiger partial charge in [-0.25, -0.2) is 4.98 Å². The molecule has 0 aliphatic carbocycles. The van der Waals surface area contributed by atoms with E-state index < -0.39 is 0 Å². The zero-order valence-electron chi connectivity index (χ0n) is 16.3. The van der Waals surface area contributed by atoms with Crippen molar-refractivity contribution in [2.75, 3.05) is 4.90 Å². The van der Waals surface area contributed by atoms with Gasteiger partial charge in [-0.1, -0.05) is 23.5 Å². The van der Waals surface area contributed by atoms with Crippen molar-refractivity contribution in [1.29, 1.82) is 0 Å². The Hall–Kier alpha value is -3.06. The highest BCUT2D eigenvalue weighted by Gasteiger charge is 2.26. The van der Waals surface area contributed by atoms with Crippen LogP contribution in [0.15, 0.2) is 42.7 Å². The van der Waals surface area contributed by atoms with Gasteiger partial charge in [-0.05, 0) is 50.1 Å². The van der Waals surface area contributed by atoms with Crippen molar-refractivity contribution < 1.29 is 4.79 Å². The molecule has 0 aliphatic heterocycles. The number of hydrogen-bond donors (Lipinski definition) is 0. The molecule has 0 saturated carbocycles. The molecule has 0 radical (unpaired) electrons. The molecule has 3 aromatic heterocycles. The van der Waals surface area contributed by atoms with Crippen LogP contribution in [-0.2, 0) is 13.6 Å². The Morgan fingerprint density at radius 1 is 1.18 bits per heavy atom. The molecule has 0 saturated heterocycles. The highest BCUT2D eigenvalue weighted by Crippen LogP contribution is 2.33. The predicted octanol–water partition coefficient (Wildman–Crippen LogP) is 4.20. The van der Waals surface area contributed by atoms with Gasteiger partial charge in [0.25, 0.3) is 5.91 Å². The van der Waals surface area contributed by atoms with Crippen molar-refractivity contribution >= 4 is 32.6 Å². The first-order valence-corrected chi connectivity index (χ1v) is 9.84. The topological polar surface area (TPSA) is 63.9 Å². The molecule has 0 atom stereocenters. The van der Waals surface area contributed by atoms with E-state index in [1.165, 1.54) is 16.9 Å². The smallest absolute Gasteiger partial charge is 0.276 e. The molecule has 4 rings (SSSR count). The van der Waals surface area contributed by atoms with Gasteiger partial charge in [0.05, 0.1) is 22.5 Å². The first-order valence-electron chi connectivity index (χ1n) is 9.02. The first kappa shape index (κ1) is 18.3. The fourth-order valence-electron chi connectivity index (χ4n) is 3.30. The maximum absolute atomic E-state index is 13.4. The van der Waals surface area contributed by atoms with Crippen LogP contribution in [0, 0.1) is 20.8 Å². The number of hydrogen-bond acceptors (Lipinski definition) is 5. The van der Waals surface area contributed by atoms with Gasteiger partial charge in [-0.15, -0.1) is 0 Å². The molecular formula is C21H21N5OS. The summed E-state index contributed by atoms with van der Waals surface area (Å²) >= 11 is 1.52. The Labute approximate surface area is 167 Å². The summed E-state index contributed by atoms with van der Waals surface area (Å²) < 4.78 is 2.73. The summed E-state index contributed by atoms with van der Waals surface area (Å²) in [6.07, 6.45) is 3.58. The molecule has 0 spiro atoms. The summed E-state index contributed by atoms with van der Waals surface area (Å²) in [7, 11) is 1.82. The third-order valence-electron chi connectivity index (χ3n) is 4.56. The number of thiazole rings is 1. The molecule has 0 N–H and O–H groups in total. The lowest BCUT2D eigenvalue weighted by atomic mass is 10.1. The Morgan fingerprint density at radius 2 is 2.00 bits per heavy atom. The van der Waals surface area contributed by atoms with E-state index in [0.717, 1.165) is 27.0 Å². The Bertz CT molecular complexity index is 1160. The van der Waals surface area contributed by atoms with Crippen molar-refractivity contribution in [2.45, 2.75) is 27.3 Å². The van der Waals surface area contributed by atoms with E-state index >= 15 is 0 Å². The predicted molar refractivity (Wildman–Crippen MR) is 112 cm³/mol. The van der Waals surface area contributed by atoms with Gasteiger partial charge in [-0.3, -0.25) is 19.4 Å². The third-order valence-corrected chi connectivity index (χ3v) is 5.58. The van der Waals surface area contributed by atoms with Crippen LogP contribution in [0.3, 0.4) is 0 Å². The number of fused-ring (bicyclic) bond motifs is 1. The first-order chi connectivity index (χ1) is 13.4. The van der Waals surface area contributed by atoms with Crippen LogP contribution in [0.2, 0.25) is 0 Å². The van der Waals surface area contributed by atoms with E-state index in [-0.39, 0.29) is 5.91 Å². The van der Waals surface area contributed by atoms with E-state index in [9.17, 15) is 4.79 Å². The van der Waals surface area contributed by atoms with Gasteiger partial charge in [0, 0.05) is 25.0 Å². The van der Waals surface area contributed by atoms with Crippen LogP contribution in [-0.4, -0.2) is 25.7 Å². The normalized spacial score (nSPS) is 11.1. The van der Waals surface area contributed by atoms with Gasteiger partial charge < -0.3 is 0 Å². The van der Waals surface area contributed by atoms with Gasteiger partial charge in [0.15, 0.2) is 10.8 Å². The van der Waals surface area contributed by atoms with Gasteiger partial charge >= 0.3 is 0 Å². The van der Waals surface area contributed by atoms with E-state index in [1.54, 1.807) is 15.8 Å². The molecule has 3 heterocycles. The lowest BCUT2D eigenvalue weighted by molar-refractivity contribution is 0.0978. The maximum atomic E-state index is 13.4. The molecule has 1 aromatic carbocycles. The molecule has 0 unspecified atom stereocenters. The number of rotatable bonds is 4. The minimum absolute atomic E-state index is 0.169. The minimum atomic E-state index is -0.169. The summed E-state index contributed by atoms with van der Waals surface area (Å²) in [5.74, 6) is -0.169. The summed E-state index contributed by atoms with van der Waals surface area (Å²) in [5, 5.41) is 5.02. The average molecular weight is 392 g/mol. The number of pyridine rings is 1. The Kier molecular flexibility index (Phi) is 4.68. The fraction of sp³-hybridized carbons (Fsp3) is 0.238. The largest absolute Gasteiger partial charge is 0.281 e. The number of nitrogens with zero attached hydrogens (tertiary/aromatic N) is 5. The molecule has 0 bridgehead atoms. The highest BCUT2D eigenvalue weighted by atomic mass is 32.1. The monoisotopic (exact) mass is 391 g/mol. The van der Waals surface area contributed by atoms with Gasteiger partial charge in [0.1, 0.15) is 0 Å². The van der Waals surface area contributed by atoms with E-state index in [1.807, 2.05) is 45.3 Å². The lowest BCUT2D eigenvalue weighted by Crippen LogP contribution is -2.31.